The SMILES string of the molecule is CC(CNC(=O)c1ccc(OC(F)F)cc1)c1nc2ccccc2s1. The summed E-state index contributed by atoms with van der Waals surface area (Å²) < 4.78 is 29.6. The summed E-state index contributed by atoms with van der Waals surface area (Å²) in [6.07, 6.45) is 0. The molecule has 4 nitrogen and oxygen atoms in total. The van der Waals surface area contributed by atoms with Gasteiger partial charge in [0.2, 0.25) is 0 Å². The van der Waals surface area contributed by atoms with Crippen molar-refractivity contribution in [2.45, 2.75) is 19.5 Å². The molecular weight excluding hydrogens is 346 g/mol. The van der Waals surface area contributed by atoms with Gasteiger partial charge in [-0.15, -0.1) is 11.3 Å². The van der Waals surface area contributed by atoms with Crippen LogP contribution in [0.1, 0.15) is 28.2 Å². The second-order valence-electron chi connectivity index (χ2n) is 5.53. The average molecular weight is 362 g/mol. The van der Waals surface area contributed by atoms with Crippen LogP contribution in [0.4, 0.5) is 8.78 Å². The molecule has 0 saturated carbocycles. The number of hydrogen-bond donors (Lipinski definition) is 1. The van der Waals surface area contributed by atoms with Gasteiger partial charge in [0.1, 0.15) is 5.75 Å². The second-order valence-corrected chi connectivity index (χ2v) is 6.60. The molecule has 3 rings (SSSR count). The van der Waals surface area contributed by atoms with Crippen molar-refractivity contribution in [3.63, 3.8) is 0 Å². The maximum Gasteiger partial charge on any atom is 0.387 e. The lowest BCUT2D eigenvalue weighted by molar-refractivity contribution is -0.0498. The summed E-state index contributed by atoms with van der Waals surface area (Å²) in [4.78, 5) is 16.8. The fourth-order valence-electron chi connectivity index (χ4n) is 2.32. The summed E-state index contributed by atoms with van der Waals surface area (Å²) in [6.45, 7) is -0.444. The fraction of sp³-hybridized carbons (Fsp3) is 0.222. The van der Waals surface area contributed by atoms with Crippen molar-refractivity contribution in [3.8, 4) is 5.75 Å². The number of benzene rings is 2. The van der Waals surface area contributed by atoms with Gasteiger partial charge in [-0.1, -0.05) is 19.1 Å². The van der Waals surface area contributed by atoms with E-state index in [0.29, 0.717) is 12.1 Å². The Bertz CT molecular complexity index is 832. The fourth-order valence-corrected chi connectivity index (χ4v) is 3.34. The van der Waals surface area contributed by atoms with Crippen molar-refractivity contribution < 1.29 is 18.3 Å². The predicted octanol–water partition coefficient (Wildman–Crippen LogP) is 4.43. The lowest BCUT2D eigenvalue weighted by atomic mass is 10.1. The first-order valence-corrected chi connectivity index (χ1v) is 8.53. The Labute approximate surface area is 147 Å². The van der Waals surface area contributed by atoms with Gasteiger partial charge in [0.25, 0.3) is 5.91 Å². The van der Waals surface area contributed by atoms with Gasteiger partial charge in [-0.2, -0.15) is 8.78 Å². The van der Waals surface area contributed by atoms with Crippen LogP contribution in [0.5, 0.6) is 5.75 Å². The molecular formula is C18H16F2N2O2S. The maximum absolute atomic E-state index is 12.2. The minimum absolute atomic E-state index is 0.0226. The quantitative estimate of drug-likeness (QED) is 0.706. The smallest absolute Gasteiger partial charge is 0.387 e. The van der Waals surface area contributed by atoms with Crippen LogP contribution in [0.3, 0.4) is 0 Å². The van der Waals surface area contributed by atoms with Crippen LogP contribution in [0, 0.1) is 0 Å². The van der Waals surface area contributed by atoms with Crippen LogP contribution in [-0.4, -0.2) is 24.0 Å². The van der Waals surface area contributed by atoms with E-state index in [4.69, 9.17) is 0 Å². The number of ether oxygens (including phenoxy) is 1. The number of carbonyl (C=O) groups excluding carboxylic acids is 1. The topological polar surface area (TPSA) is 51.2 Å². The molecule has 0 aliphatic rings. The van der Waals surface area contributed by atoms with Crippen molar-refractivity contribution in [1.29, 1.82) is 0 Å². The minimum atomic E-state index is -2.88. The highest BCUT2D eigenvalue weighted by Crippen LogP contribution is 2.27. The van der Waals surface area contributed by atoms with Gasteiger partial charge in [0.05, 0.1) is 15.2 Å². The first-order chi connectivity index (χ1) is 12.0. The van der Waals surface area contributed by atoms with E-state index >= 15 is 0 Å². The molecule has 1 heterocycles. The van der Waals surface area contributed by atoms with E-state index in [1.807, 2.05) is 31.2 Å². The third-order valence-corrected chi connectivity index (χ3v) is 4.91. The number of nitrogens with zero attached hydrogens (tertiary/aromatic N) is 1. The zero-order valence-electron chi connectivity index (χ0n) is 13.4. The Hall–Kier alpha value is -2.54. The van der Waals surface area contributed by atoms with Crippen molar-refractivity contribution in [1.82, 2.24) is 10.3 Å². The summed E-state index contributed by atoms with van der Waals surface area (Å²) in [5, 5.41) is 3.80. The van der Waals surface area contributed by atoms with E-state index < -0.39 is 6.61 Å². The second kappa shape index (κ2) is 7.57. The number of halogens is 2. The van der Waals surface area contributed by atoms with Crippen LogP contribution in [0.15, 0.2) is 48.5 Å². The van der Waals surface area contributed by atoms with Gasteiger partial charge >= 0.3 is 6.61 Å². The molecule has 0 radical (unpaired) electrons. The van der Waals surface area contributed by atoms with E-state index in [0.717, 1.165) is 15.2 Å². The van der Waals surface area contributed by atoms with Gasteiger partial charge in [-0.05, 0) is 36.4 Å². The summed E-state index contributed by atoms with van der Waals surface area (Å²) in [5.74, 6) is -0.172. The molecule has 0 saturated heterocycles. The van der Waals surface area contributed by atoms with Crippen molar-refractivity contribution in [3.05, 3.63) is 59.1 Å². The number of hydrogen-bond acceptors (Lipinski definition) is 4. The van der Waals surface area contributed by atoms with Crippen LogP contribution in [0.2, 0.25) is 0 Å². The predicted molar refractivity (Wildman–Crippen MR) is 93.4 cm³/mol. The number of para-hydroxylation sites is 1. The third-order valence-electron chi connectivity index (χ3n) is 3.64. The molecule has 1 aromatic heterocycles. The lowest BCUT2D eigenvalue weighted by Crippen LogP contribution is -2.27. The molecule has 0 aliphatic heterocycles. The molecule has 7 heteroatoms. The zero-order chi connectivity index (χ0) is 17.8. The Morgan fingerprint density at radius 1 is 1.20 bits per heavy atom. The first kappa shape index (κ1) is 17.3. The third kappa shape index (κ3) is 4.30. The molecule has 1 atom stereocenters. The largest absolute Gasteiger partial charge is 0.435 e. The van der Waals surface area contributed by atoms with Crippen LogP contribution < -0.4 is 10.1 Å². The molecule has 0 aliphatic carbocycles. The number of amides is 1. The summed E-state index contributed by atoms with van der Waals surface area (Å²) >= 11 is 1.61. The zero-order valence-corrected chi connectivity index (χ0v) is 14.2. The van der Waals surface area contributed by atoms with Gasteiger partial charge in [0, 0.05) is 18.0 Å². The normalized spacial score (nSPS) is 12.3. The van der Waals surface area contributed by atoms with E-state index in [2.05, 4.69) is 15.0 Å². The van der Waals surface area contributed by atoms with Gasteiger partial charge in [-0.3, -0.25) is 4.79 Å². The number of fused-ring (bicyclic) bond motifs is 1. The molecule has 0 fully saturated rings. The number of thiazole rings is 1. The number of nitrogens with one attached hydrogen (secondary N) is 1. The van der Waals surface area contributed by atoms with Crippen LogP contribution >= 0.6 is 11.3 Å². The number of alkyl halides is 2. The van der Waals surface area contributed by atoms with E-state index in [-0.39, 0.29) is 17.6 Å². The molecule has 1 N–H and O–H groups in total. The summed E-state index contributed by atoms with van der Waals surface area (Å²) in [6, 6.07) is 13.5. The lowest BCUT2D eigenvalue weighted by Gasteiger charge is -2.10. The number of rotatable bonds is 6. The standard InChI is InChI=1S/C18H16F2N2O2S/c1-11(17-22-14-4-2-3-5-15(14)25-17)10-21-16(23)12-6-8-13(9-7-12)24-18(19)20/h2-9,11,18H,10H2,1H3,(H,21,23). The molecule has 3 aromatic rings. The molecule has 2 aromatic carbocycles. The highest BCUT2D eigenvalue weighted by molar-refractivity contribution is 7.18. The minimum Gasteiger partial charge on any atom is -0.435 e. The van der Waals surface area contributed by atoms with Gasteiger partial charge in [0.15, 0.2) is 0 Å². The summed E-state index contributed by atoms with van der Waals surface area (Å²) in [5.41, 5.74) is 1.34. The van der Waals surface area contributed by atoms with E-state index in [1.54, 1.807) is 11.3 Å². The highest BCUT2D eigenvalue weighted by atomic mass is 32.1. The molecule has 130 valence electrons. The molecule has 0 spiro atoms. The molecule has 25 heavy (non-hydrogen) atoms. The van der Waals surface area contributed by atoms with E-state index in [9.17, 15) is 13.6 Å². The average Bonchev–Trinajstić information content (AvgIpc) is 3.03. The van der Waals surface area contributed by atoms with Gasteiger partial charge < -0.3 is 10.1 Å². The Balaban J connectivity index is 1.59. The van der Waals surface area contributed by atoms with Crippen molar-refractivity contribution in [2.75, 3.05) is 6.54 Å². The van der Waals surface area contributed by atoms with Gasteiger partial charge in [-0.25, -0.2) is 4.98 Å². The van der Waals surface area contributed by atoms with Crippen molar-refractivity contribution in [2.24, 2.45) is 0 Å². The molecule has 0 bridgehead atoms. The van der Waals surface area contributed by atoms with Crippen molar-refractivity contribution >= 4 is 27.5 Å². The number of aromatic nitrogens is 1. The Morgan fingerprint density at radius 3 is 2.60 bits per heavy atom. The maximum atomic E-state index is 12.2. The van der Waals surface area contributed by atoms with Crippen LogP contribution in [-0.2, 0) is 0 Å². The Morgan fingerprint density at radius 2 is 1.92 bits per heavy atom. The summed E-state index contributed by atoms with van der Waals surface area (Å²) in [7, 11) is 0. The Kier molecular flexibility index (Phi) is 5.23. The molecule has 1 unspecified atom stereocenters. The monoisotopic (exact) mass is 362 g/mol. The first-order valence-electron chi connectivity index (χ1n) is 7.71. The molecule has 1 amide bonds. The van der Waals surface area contributed by atoms with Crippen LogP contribution in [0.25, 0.3) is 10.2 Å². The highest BCUT2D eigenvalue weighted by Gasteiger charge is 2.14. The number of carbonyl (C=O) groups is 1. The van der Waals surface area contributed by atoms with E-state index in [1.165, 1.54) is 24.3 Å².